The van der Waals surface area contributed by atoms with Crippen LogP contribution in [0.5, 0.6) is 5.75 Å². The Morgan fingerprint density at radius 2 is 1.47 bits per heavy atom. The molecule has 0 atom stereocenters. The fraction of sp³-hybridized carbons (Fsp3) is 0.280. The first-order chi connectivity index (χ1) is 17.3. The van der Waals surface area contributed by atoms with Crippen LogP contribution in [-0.4, -0.2) is 47.7 Å². The van der Waals surface area contributed by atoms with Crippen LogP contribution < -0.4 is 32.6 Å². The molecule has 3 aromatic rings. The third-order valence-corrected chi connectivity index (χ3v) is 5.54. The minimum Gasteiger partial charge on any atom is -0.497 e. The van der Waals surface area contributed by atoms with Gasteiger partial charge in [-0.1, -0.05) is 0 Å². The van der Waals surface area contributed by atoms with Crippen molar-refractivity contribution < 1.29 is 19.1 Å². The van der Waals surface area contributed by atoms with Crippen LogP contribution in [0, 0.1) is 0 Å². The number of primary amides is 3. The van der Waals surface area contributed by atoms with Crippen LogP contribution in [0.1, 0.15) is 45.8 Å². The molecule has 0 aliphatic heterocycles. The van der Waals surface area contributed by atoms with Gasteiger partial charge in [-0.25, -0.2) is 4.68 Å². The van der Waals surface area contributed by atoms with E-state index < -0.39 is 11.8 Å². The Kier molecular flexibility index (Phi) is 8.87. The third-order valence-electron chi connectivity index (χ3n) is 5.54. The molecule has 0 radical (unpaired) electrons. The molecule has 11 heteroatoms. The van der Waals surface area contributed by atoms with E-state index in [1.54, 1.807) is 31.4 Å². The molecule has 0 aliphatic carbocycles. The zero-order valence-electron chi connectivity index (χ0n) is 20.1. The minimum atomic E-state index is -0.744. The van der Waals surface area contributed by atoms with E-state index in [2.05, 4.69) is 15.7 Å². The van der Waals surface area contributed by atoms with Crippen molar-refractivity contribution >= 4 is 29.1 Å². The highest BCUT2D eigenvalue weighted by Crippen LogP contribution is 2.22. The molecule has 1 heterocycles. The van der Waals surface area contributed by atoms with E-state index in [0.29, 0.717) is 36.4 Å². The topological polar surface area (TPSA) is 180 Å². The Balaban J connectivity index is 1.67. The monoisotopic (exact) mass is 493 g/mol. The second-order valence-electron chi connectivity index (χ2n) is 8.12. The highest BCUT2D eigenvalue weighted by Gasteiger charge is 2.25. The number of benzene rings is 2. The second-order valence-corrected chi connectivity index (χ2v) is 8.12. The van der Waals surface area contributed by atoms with E-state index in [9.17, 15) is 14.4 Å². The number of nitrogens with two attached hydrogens (primary N) is 3. The van der Waals surface area contributed by atoms with Crippen molar-refractivity contribution in [2.24, 2.45) is 17.2 Å². The average molecular weight is 494 g/mol. The van der Waals surface area contributed by atoms with Gasteiger partial charge >= 0.3 is 0 Å². The number of amides is 3. The number of hydrogen-bond acceptors (Lipinski definition) is 7. The summed E-state index contributed by atoms with van der Waals surface area (Å²) in [5, 5.41) is 10.8. The summed E-state index contributed by atoms with van der Waals surface area (Å²) in [6.45, 7) is 1.15. The summed E-state index contributed by atoms with van der Waals surface area (Å²) in [4.78, 5) is 35.2. The zero-order valence-corrected chi connectivity index (χ0v) is 20.1. The normalized spacial score (nSPS) is 10.6. The quantitative estimate of drug-likeness (QED) is 0.212. The summed E-state index contributed by atoms with van der Waals surface area (Å²) in [6.07, 6.45) is 2.28. The summed E-state index contributed by atoms with van der Waals surface area (Å²) >= 11 is 0. The van der Waals surface area contributed by atoms with Crippen LogP contribution in [0.25, 0.3) is 5.69 Å². The van der Waals surface area contributed by atoms with Gasteiger partial charge < -0.3 is 32.6 Å². The predicted molar refractivity (Wildman–Crippen MR) is 137 cm³/mol. The highest BCUT2D eigenvalue weighted by atomic mass is 16.5. The molecule has 36 heavy (non-hydrogen) atoms. The first-order valence-corrected chi connectivity index (χ1v) is 11.5. The Hall–Kier alpha value is -4.54. The van der Waals surface area contributed by atoms with Gasteiger partial charge in [-0.15, -0.1) is 0 Å². The average Bonchev–Trinajstić information content (AvgIpc) is 3.25. The molecular weight excluding hydrogens is 462 g/mol. The molecule has 2 aromatic carbocycles. The van der Waals surface area contributed by atoms with Crippen molar-refractivity contribution in [1.29, 1.82) is 0 Å². The van der Waals surface area contributed by atoms with Crippen LogP contribution in [0.2, 0.25) is 0 Å². The molecule has 0 fully saturated rings. The number of unbranched alkanes of at least 4 members (excludes halogenated alkanes) is 1. The number of anilines is 2. The molecule has 0 saturated carbocycles. The molecule has 0 saturated heterocycles. The molecule has 0 bridgehead atoms. The molecule has 0 unspecified atom stereocenters. The summed E-state index contributed by atoms with van der Waals surface area (Å²) in [5.41, 5.74) is 19.2. The van der Waals surface area contributed by atoms with Gasteiger partial charge in [-0.05, 0) is 67.8 Å². The zero-order chi connectivity index (χ0) is 26.1. The van der Waals surface area contributed by atoms with Gasteiger partial charge in [0.2, 0.25) is 5.91 Å². The number of nitrogens with zero attached hydrogens (tertiary/aromatic N) is 2. The maximum absolute atomic E-state index is 12.3. The van der Waals surface area contributed by atoms with Crippen molar-refractivity contribution in [3.8, 4) is 11.4 Å². The van der Waals surface area contributed by atoms with Crippen LogP contribution in [-0.2, 0) is 11.2 Å². The SMILES string of the molecule is COc1ccc(-n2nc(C(N)=O)c(CCNc3ccc(NCCCCC(N)=O)cc3)c2C(N)=O)cc1. The molecule has 190 valence electrons. The van der Waals surface area contributed by atoms with E-state index in [4.69, 9.17) is 21.9 Å². The Labute approximate surface area is 209 Å². The van der Waals surface area contributed by atoms with Crippen LogP contribution in [0.3, 0.4) is 0 Å². The second kappa shape index (κ2) is 12.2. The number of ether oxygens (including phenoxy) is 1. The number of methoxy groups -OCH3 is 1. The molecule has 1 aromatic heterocycles. The predicted octanol–water partition coefficient (Wildman–Crippen LogP) is 1.80. The van der Waals surface area contributed by atoms with Crippen molar-refractivity contribution in [1.82, 2.24) is 9.78 Å². The van der Waals surface area contributed by atoms with E-state index >= 15 is 0 Å². The lowest BCUT2D eigenvalue weighted by atomic mass is 10.1. The van der Waals surface area contributed by atoms with Crippen molar-refractivity contribution in [2.75, 3.05) is 30.8 Å². The van der Waals surface area contributed by atoms with E-state index in [1.807, 2.05) is 24.3 Å². The van der Waals surface area contributed by atoms with E-state index in [0.717, 1.165) is 30.8 Å². The van der Waals surface area contributed by atoms with E-state index in [1.165, 1.54) is 4.68 Å². The number of nitrogens with one attached hydrogen (secondary N) is 2. The maximum atomic E-state index is 12.3. The summed E-state index contributed by atoms with van der Waals surface area (Å²) in [5.74, 6) is -1.11. The minimum absolute atomic E-state index is 0.00250. The fourth-order valence-corrected chi connectivity index (χ4v) is 3.74. The van der Waals surface area contributed by atoms with Crippen molar-refractivity contribution in [3.05, 3.63) is 65.5 Å². The maximum Gasteiger partial charge on any atom is 0.269 e. The van der Waals surface area contributed by atoms with E-state index in [-0.39, 0.29) is 17.3 Å². The first kappa shape index (κ1) is 26.1. The number of carbonyl (C=O) groups is 3. The van der Waals surface area contributed by atoms with Gasteiger partial charge in [0.05, 0.1) is 12.8 Å². The lowest BCUT2D eigenvalue weighted by Crippen LogP contribution is -2.20. The first-order valence-electron chi connectivity index (χ1n) is 11.5. The summed E-state index contributed by atoms with van der Waals surface area (Å²) < 4.78 is 6.50. The largest absolute Gasteiger partial charge is 0.497 e. The highest BCUT2D eigenvalue weighted by molar-refractivity contribution is 5.99. The molecule has 11 nitrogen and oxygen atoms in total. The van der Waals surface area contributed by atoms with Gasteiger partial charge in [-0.3, -0.25) is 14.4 Å². The summed E-state index contributed by atoms with van der Waals surface area (Å²) in [7, 11) is 1.55. The van der Waals surface area contributed by atoms with Crippen LogP contribution in [0.4, 0.5) is 11.4 Å². The number of rotatable bonds is 14. The standard InChI is InChI=1S/C25H31N7O4/c1-36-19-11-9-18(10-12-19)32-23(25(28)35)20(22(31-32)24(27)34)13-15-30-17-7-5-16(6-8-17)29-14-3-2-4-21(26)33/h5-12,29-30H,2-4,13-15H2,1H3,(H2,26,33)(H2,27,34)(H2,28,35). The van der Waals surface area contributed by atoms with Gasteiger partial charge in [0, 0.05) is 36.4 Å². The van der Waals surface area contributed by atoms with Gasteiger partial charge in [0.25, 0.3) is 11.8 Å². The Bertz CT molecular complexity index is 1200. The molecule has 3 rings (SSSR count). The van der Waals surface area contributed by atoms with Crippen LogP contribution in [0.15, 0.2) is 48.5 Å². The van der Waals surface area contributed by atoms with Crippen LogP contribution >= 0.6 is 0 Å². The van der Waals surface area contributed by atoms with Crippen molar-refractivity contribution in [3.63, 3.8) is 0 Å². The lowest BCUT2D eigenvalue weighted by Gasteiger charge is -2.10. The Morgan fingerprint density at radius 3 is 2.00 bits per heavy atom. The van der Waals surface area contributed by atoms with Crippen molar-refractivity contribution in [2.45, 2.75) is 25.7 Å². The molecule has 0 aliphatic rings. The molecular formula is C25H31N7O4. The fourth-order valence-electron chi connectivity index (χ4n) is 3.74. The lowest BCUT2D eigenvalue weighted by molar-refractivity contribution is -0.118. The smallest absolute Gasteiger partial charge is 0.269 e. The number of aromatic nitrogens is 2. The number of hydrogen-bond donors (Lipinski definition) is 5. The summed E-state index contributed by atoms with van der Waals surface area (Å²) in [6, 6.07) is 14.5. The Morgan fingerprint density at radius 1 is 0.861 bits per heavy atom. The van der Waals surface area contributed by atoms with Gasteiger partial charge in [0.1, 0.15) is 11.4 Å². The number of carbonyl (C=O) groups excluding carboxylic acids is 3. The van der Waals surface area contributed by atoms with Gasteiger partial charge in [-0.2, -0.15) is 5.10 Å². The molecule has 3 amide bonds. The van der Waals surface area contributed by atoms with Gasteiger partial charge in [0.15, 0.2) is 5.69 Å². The molecule has 8 N–H and O–H groups in total. The molecule has 0 spiro atoms. The third kappa shape index (κ3) is 6.75.